The van der Waals surface area contributed by atoms with Gasteiger partial charge < -0.3 is 14.8 Å². The molecule has 2 aromatic rings. The van der Waals surface area contributed by atoms with E-state index in [-0.39, 0.29) is 23.4 Å². The second-order valence-corrected chi connectivity index (χ2v) is 9.15. The molecule has 0 saturated carbocycles. The molecule has 0 spiro atoms. The van der Waals surface area contributed by atoms with Crippen molar-refractivity contribution < 1.29 is 19.1 Å². The summed E-state index contributed by atoms with van der Waals surface area (Å²) in [6.45, 7) is 0.912. The van der Waals surface area contributed by atoms with E-state index >= 15 is 0 Å². The molecule has 1 aliphatic heterocycles. The molecule has 0 aliphatic carbocycles. The predicted octanol–water partition coefficient (Wildman–Crippen LogP) is 5.25. The third-order valence-electron chi connectivity index (χ3n) is 4.38. The summed E-state index contributed by atoms with van der Waals surface area (Å²) in [6, 6.07) is 12.0. The van der Waals surface area contributed by atoms with Crippen LogP contribution in [0.5, 0.6) is 5.75 Å². The maximum atomic E-state index is 12.6. The van der Waals surface area contributed by atoms with Crippen LogP contribution in [0.25, 0.3) is 6.08 Å². The highest BCUT2D eigenvalue weighted by molar-refractivity contribution is 8.26. The van der Waals surface area contributed by atoms with Crippen LogP contribution in [0.2, 0.25) is 10.0 Å². The zero-order valence-corrected chi connectivity index (χ0v) is 20.2. The van der Waals surface area contributed by atoms with Crippen molar-refractivity contribution in [2.24, 2.45) is 0 Å². The first kappa shape index (κ1) is 24.5. The first-order valence-corrected chi connectivity index (χ1v) is 11.6. The van der Waals surface area contributed by atoms with E-state index in [4.69, 9.17) is 44.9 Å². The third kappa shape index (κ3) is 6.46. The molecule has 0 radical (unpaired) electrons. The van der Waals surface area contributed by atoms with Gasteiger partial charge >= 0.3 is 0 Å². The standard InChI is InChI=1S/C22H20Cl2N2O4S2/c1-29-11-3-10-26-21(28)18(32-22(26)31)12-14-6-8-15(9-7-14)30-13-19(27)25-17-5-2-4-16(23)20(17)24/h2,4-9,12H,3,10-11,13H2,1H3,(H,25,27)/b18-12-. The molecule has 168 valence electrons. The van der Waals surface area contributed by atoms with E-state index in [1.54, 1.807) is 60.6 Å². The Morgan fingerprint density at radius 1 is 1.22 bits per heavy atom. The van der Waals surface area contributed by atoms with Crippen molar-refractivity contribution in [3.63, 3.8) is 0 Å². The minimum Gasteiger partial charge on any atom is -0.484 e. The first-order chi connectivity index (χ1) is 15.4. The summed E-state index contributed by atoms with van der Waals surface area (Å²) in [7, 11) is 1.62. The summed E-state index contributed by atoms with van der Waals surface area (Å²) in [4.78, 5) is 26.9. The van der Waals surface area contributed by atoms with Gasteiger partial charge in [-0.25, -0.2) is 0 Å². The van der Waals surface area contributed by atoms with E-state index in [1.807, 2.05) is 0 Å². The van der Waals surface area contributed by atoms with E-state index in [2.05, 4.69) is 5.32 Å². The van der Waals surface area contributed by atoms with Crippen LogP contribution < -0.4 is 10.1 Å². The number of nitrogens with one attached hydrogen (secondary N) is 1. The number of carbonyl (C=O) groups excluding carboxylic acids is 2. The average Bonchev–Trinajstić information content (AvgIpc) is 3.04. The van der Waals surface area contributed by atoms with Crippen LogP contribution in [0.15, 0.2) is 47.4 Å². The molecule has 1 heterocycles. The topological polar surface area (TPSA) is 67.9 Å². The van der Waals surface area contributed by atoms with Crippen LogP contribution in [0.4, 0.5) is 5.69 Å². The van der Waals surface area contributed by atoms with Crippen LogP contribution >= 0.6 is 47.2 Å². The average molecular weight is 511 g/mol. The van der Waals surface area contributed by atoms with Crippen LogP contribution in [-0.2, 0) is 14.3 Å². The number of methoxy groups -OCH3 is 1. The van der Waals surface area contributed by atoms with Gasteiger partial charge in [0.2, 0.25) is 0 Å². The Balaban J connectivity index is 1.55. The van der Waals surface area contributed by atoms with Crippen LogP contribution in [-0.4, -0.2) is 47.9 Å². The maximum Gasteiger partial charge on any atom is 0.266 e. The van der Waals surface area contributed by atoms with Gasteiger partial charge in [-0.1, -0.05) is 65.4 Å². The molecule has 3 rings (SSSR count). The van der Waals surface area contributed by atoms with Crippen LogP contribution in [0.1, 0.15) is 12.0 Å². The molecule has 0 aromatic heterocycles. The number of amides is 2. The van der Waals surface area contributed by atoms with E-state index in [0.717, 1.165) is 12.0 Å². The number of rotatable bonds is 9. The van der Waals surface area contributed by atoms with E-state index in [0.29, 0.717) is 38.8 Å². The van der Waals surface area contributed by atoms with E-state index in [9.17, 15) is 9.59 Å². The fourth-order valence-electron chi connectivity index (χ4n) is 2.81. The van der Waals surface area contributed by atoms with Crippen molar-refractivity contribution in [1.82, 2.24) is 4.90 Å². The quantitative estimate of drug-likeness (QED) is 0.282. The number of thioether (sulfide) groups is 1. The number of halogens is 2. The Morgan fingerprint density at radius 3 is 2.69 bits per heavy atom. The van der Waals surface area contributed by atoms with Crippen molar-refractivity contribution in [3.8, 4) is 5.75 Å². The molecular formula is C22H20Cl2N2O4S2. The van der Waals surface area contributed by atoms with Gasteiger partial charge in [-0.15, -0.1) is 0 Å². The number of anilines is 1. The number of carbonyl (C=O) groups is 2. The molecule has 1 fully saturated rings. The van der Waals surface area contributed by atoms with Crippen molar-refractivity contribution >= 4 is 75.1 Å². The Kier molecular flexibility index (Phi) is 8.95. The third-order valence-corrected chi connectivity index (χ3v) is 6.57. The zero-order chi connectivity index (χ0) is 23.1. The van der Waals surface area contributed by atoms with Crippen molar-refractivity contribution in [2.45, 2.75) is 6.42 Å². The van der Waals surface area contributed by atoms with E-state index < -0.39 is 0 Å². The molecule has 6 nitrogen and oxygen atoms in total. The van der Waals surface area contributed by atoms with Crippen LogP contribution in [0, 0.1) is 0 Å². The number of thiocarbonyl (C=S) groups is 1. The van der Waals surface area contributed by atoms with Crippen molar-refractivity contribution in [3.05, 3.63) is 63.0 Å². The van der Waals surface area contributed by atoms with Crippen LogP contribution in [0.3, 0.4) is 0 Å². The summed E-state index contributed by atoms with van der Waals surface area (Å²) in [5, 5.41) is 3.29. The SMILES string of the molecule is COCCCN1C(=O)/C(=C/c2ccc(OCC(=O)Nc3cccc(Cl)c3Cl)cc2)SC1=S. The Labute approximate surface area is 205 Å². The summed E-state index contributed by atoms with van der Waals surface area (Å²) < 4.78 is 11.1. The smallest absolute Gasteiger partial charge is 0.266 e. The van der Waals surface area contributed by atoms with E-state index in [1.165, 1.54) is 11.8 Å². The fourth-order valence-corrected chi connectivity index (χ4v) is 4.46. The molecule has 0 bridgehead atoms. The molecule has 0 unspecified atom stereocenters. The van der Waals surface area contributed by atoms with Gasteiger partial charge in [0.15, 0.2) is 6.61 Å². The molecule has 1 saturated heterocycles. The Hall–Kier alpha value is -2.10. The molecule has 1 aliphatic rings. The number of hydrogen-bond acceptors (Lipinski definition) is 6. The van der Waals surface area contributed by atoms with Gasteiger partial charge in [0.1, 0.15) is 10.1 Å². The molecular weight excluding hydrogens is 491 g/mol. The Bertz CT molecular complexity index is 1040. The second-order valence-electron chi connectivity index (χ2n) is 6.69. The maximum absolute atomic E-state index is 12.6. The lowest BCUT2D eigenvalue weighted by atomic mass is 10.2. The molecule has 10 heteroatoms. The first-order valence-electron chi connectivity index (χ1n) is 9.60. The lowest BCUT2D eigenvalue weighted by Crippen LogP contribution is -2.29. The minimum atomic E-state index is -0.365. The van der Waals surface area contributed by atoms with Gasteiger partial charge in [-0.2, -0.15) is 0 Å². The highest BCUT2D eigenvalue weighted by Crippen LogP contribution is 2.33. The van der Waals surface area contributed by atoms with Crippen molar-refractivity contribution in [2.75, 3.05) is 32.2 Å². The normalized spacial score (nSPS) is 14.8. The summed E-state index contributed by atoms with van der Waals surface area (Å²) in [5.41, 5.74) is 1.24. The molecule has 1 N–H and O–H groups in total. The van der Waals surface area contributed by atoms with Gasteiger partial charge in [0.25, 0.3) is 11.8 Å². The molecule has 2 aromatic carbocycles. The molecule has 0 atom stereocenters. The number of hydrogen-bond donors (Lipinski definition) is 1. The highest BCUT2D eigenvalue weighted by Gasteiger charge is 2.31. The fraction of sp³-hybridized carbons (Fsp3) is 0.227. The van der Waals surface area contributed by atoms with Crippen molar-refractivity contribution in [1.29, 1.82) is 0 Å². The van der Waals surface area contributed by atoms with Gasteiger partial charge in [0, 0.05) is 20.3 Å². The summed E-state index contributed by atoms with van der Waals surface area (Å²) >= 11 is 18.6. The predicted molar refractivity (Wildman–Crippen MR) is 133 cm³/mol. The van der Waals surface area contributed by atoms with Gasteiger partial charge in [-0.05, 0) is 42.3 Å². The molecule has 32 heavy (non-hydrogen) atoms. The number of benzene rings is 2. The zero-order valence-electron chi connectivity index (χ0n) is 17.1. The number of nitrogens with zero attached hydrogens (tertiary/aromatic N) is 1. The Morgan fingerprint density at radius 2 is 1.97 bits per heavy atom. The largest absolute Gasteiger partial charge is 0.484 e. The second kappa shape index (κ2) is 11.7. The lowest BCUT2D eigenvalue weighted by Gasteiger charge is -2.13. The number of ether oxygens (including phenoxy) is 2. The van der Waals surface area contributed by atoms with Gasteiger partial charge in [0.05, 0.1) is 20.6 Å². The molecule has 2 amide bonds. The summed E-state index contributed by atoms with van der Waals surface area (Å²) in [6.07, 6.45) is 2.51. The highest BCUT2D eigenvalue weighted by atomic mass is 35.5. The van der Waals surface area contributed by atoms with Gasteiger partial charge in [-0.3, -0.25) is 14.5 Å². The minimum absolute atomic E-state index is 0.104. The monoisotopic (exact) mass is 510 g/mol. The summed E-state index contributed by atoms with van der Waals surface area (Å²) in [5.74, 6) is 0.0461. The lowest BCUT2D eigenvalue weighted by molar-refractivity contribution is -0.122.